The van der Waals surface area contributed by atoms with E-state index < -0.39 is 5.54 Å². The van der Waals surface area contributed by atoms with Crippen LogP contribution in [0.2, 0.25) is 0 Å². The van der Waals surface area contributed by atoms with E-state index in [2.05, 4.69) is 65.4 Å². The van der Waals surface area contributed by atoms with Crippen LogP contribution in [0.5, 0.6) is 0 Å². The van der Waals surface area contributed by atoms with Crippen molar-refractivity contribution in [2.24, 2.45) is 0 Å². The molecule has 3 aliphatic heterocycles. The third-order valence-corrected chi connectivity index (χ3v) is 6.69. The summed E-state index contributed by atoms with van der Waals surface area (Å²) in [4.78, 5) is 18.1. The van der Waals surface area contributed by atoms with Gasteiger partial charge in [-0.2, -0.15) is 0 Å². The van der Waals surface area contributed by atoms with Crippen molar-refractivity contribution in [1.82, 2.24) is 4.90 Å². The van der Waals surface area contributed by atoms with E-state index in [-0.39, 0.29) is 12.0 Å². The van der Waals surface area contributed by atoms with Crippen molar-refractivity contribution >= 4 is 17.2 Å². The van der Waals surface area contributed by atoms with Gasteiger partial charge in [0.2, 0.25) is 0 Å². The molecule has 0 bridgehead atoms. The quantitative estimate of drug-likeness (QED) is 0.743. The molecule has 2 atom stereocenters. The van der Waals surface area contributed by atoms with Gasteiger partial charge in [0.05, 0.1) is 13.2 Å². The highest BCUT2D eigenvalue weighted by Crippen LogP contribution is 2.57. The van der Waals surface area contributed by atoms with E-state index in [1.54, 1.807) is 0 Å². The lowest BCUT2D eigenvalue weighted by atomic mass is 9.78. The summed E-state index contributed by atoms with van der Waals surface area (Å²) < 4.78 is 5.44. The maximum absolute atomic E-state index is 13.4. The minimum Gasteiger partial charge on any atom is -0.467 e. The molecule has 144 valence electrons. The maximum Gasteiger partial charge on any atom is 0.331 e. The number of carbonyl (C=O) groups excluding carboxylic acids is 1. The molecule has 2 aromatic carbocycles. The summed E-state index contributed by atoms with van der Waals surface area (Å²) in [5.74, 6) is -0.118. The van der Waals surface area contributed by atoms with Crippen LogP contribution in [-0.4, -0.2) is 43.7 Å². The van der Waals surface area contributed by atoms with E-state index in [1.807, 2.05) is 6.07 Å². The number of carbonyl (C=O) groups is 1. The van der Waals surface area contributed by atoms with Gasteiger partial charge in [-0.3, -0.25) is 4.90 Å². The predicted octanol–water partition coefficient (Wildman–Crippen LogP) is 4.04. The molecule has 3 aliphatic rings. The molecule has 0 aromatic heterocycles. The number of esters is 1. The fourth-order valence-corrected chi connectivity index (χ4v) is 5.65. The van der Waals surface area contributed by atoms with Gasteiger partial charge in [0.15, 0.2) is 0 Å². The van der Waals surface area contributed by atoms with Gasteiger partial charge in [0.1, 0.15) is 5.54 Å². The lowest BCUT2D eigenvalue weighted by Gasteiger charge is -2.45. The first-order valence-corrected chi connectivity index (χ1v) is 10.1. The Hall–Kier alpha value is -2.59. The molecule has 2 aromatic rings. The molecule has 0 amide bonds. The molecule has 28 heavy (non-hydrogen) atoms. The van der Waals surface area contributed by atoms with Crippen LogP contribution in [-0.2, 0) is 9.53 Å². The fraction of sp³-hybridized carbons (Fsp3) is 0.375. The number of para-hydroxylation sites is 1. The maximum atomic E-state index is 13.4. The first-order valence-electron chi connectivity index (χ1n) is 10.1. The Labute approximate surface area is 166 Å². The Morgan fingerprint density at radius 3 is 2.61 bits per heavy atom. The first kappa shape index (κ1) is 17.5. The van der Waals surface area contributed by atoms with Crippen molar-refractivity contribution in [3.63, 3.8) is 0 Å². The van der Waals surface area contributed by atoms with E-state index in [9.17, 15) is 4.79 Å². The number of ether oxygens (including phenoxy) is 1. The molecular weight excluding hydrogens is 348 g/mol. The molecular formula is C24H26N2O2. The predicted molar refractivity (Wildman–Crippen MR) is 111 cm³/mol. The van der Waals surface area contributed by atoms with Crippen molar-refractivity contribution in [2.45, 2.75) is 30.8 Å². The third-order valence-electron chi connectivity index (χ3n) is 6.69. The number of hydrogen-bond donors (Lipinski definition) is 0. The van der Waals surface area contributed by atoms with Crippen LogP contribution in [0.3, 0.4) is 0 Å². The highest BCUT2D eigenvalue weighted by molar-refractivity contribution is 6.01. The minimum absolute atomic E-state index is 0.118. The summed E-state index contributed by atoms with van der Waals surface area (Å²) in [6, 6.07) is 19.2. The van der Waals surface area contributed by atoms with Crippen molar-refractivity contribution in [3.8, 4) is 0 Å². The Bertz CT molecular complexity index is 952. The molecule has 5 rings (SSSR count). The second-order valence-electron chi connectivity index (χ2n) is 8.09. The average molecular weight is 374 g/mol. The second kappa shape index (κ2) is 6.49. The Morgan fingerprint density at radius 2 is 1.82 bits per heavy atom. The number of methoxy groups -OCH3 is 1. The molecule has 0 unspecified atom stereocenters. The highest BCUT2D eigenvalue weighted by Gasteiger charge is 2.59. The number of piperidine rings is 1. The fourth-order valence-electron chi connectivity index (χ4n) is 5.65. The van der Waals surface area contributed by atoms with Crippen LogP contribution in [0.15, 0.2) is 60.2 Å². The third kappa shape index (κ3) is 2.24. The molecule has 0 N–H and O–H groups in total. The number of anilines is 1. The zero-order valence-electron chi connectivity index (χ0n) is 16.5. The number of rotatable bonds is 2. The highest BCUT2D eigenvalue weighted by atomic mass is 16.5. The van der Waals surface area contributed by atoms with Gasteiger partial charge in [-0.1, -0.05) is 48.5 Å². The van der Waals surface area contributed by atoms with E-state index in [0.29, 0.717) is 0 Å². The Morgan fingerprint density at radius 1 is 1.07 bits per heavy atom. The van der Waals surface area contributed by atoms with Crippen LogP contribution in [0.4, 0.5) is 5.69 Å². The Balaban J connectivity index is 1.82. The van der Waals surface area contributed by atoms with E-state index in [4.69, 9.17) is 4.74 Å². The smallest absolute Gasteiger partial charge is 0.331 e. The van der Waals surface area contributed by atoms with Crippen LogP contribution in [0.25, 0.3) is 5.57 Å². The lowest BCUT2D eigenvalue weighted by Crippen LogP contribution is -2.56. The van der Waals surface area contributed by atoms with Gasteiger partial charge in [0, 0.05) is 25.8 Å². The van der Waals surface area contributed by atoms with Crippen molar-refractivity contribution in [2.75, 3.05) is 32.1 Å². The normalized spacial score (nSPS) is 26.5. The molecule has 1 saturated heterocycles. The van der Waals surface area contributed by atoms with Gasteiger partial charge in [0.25, 0.3) is 0 Å². The summed E-state index contributed by atoms with van der Waals surface area (Å²) in [7, 11) is 3.67. The van der Waals surface area contributed by atoms with Crippen LogP contribution < -0.4 is 4.90 Å². The van der Waals surface area contributed by atoms with Crippen LogP contribution in [0.1, 0.15) is 36.4 Å². The van der Waals surface area contributed by atoms with Crippen molar-refractivity contribution < 1.29 is 9.53 Å². The van der Waals surface area contributed by atoms with E-state index in [1.165, 1.54) is 29.5 Å². The zero-order chi connectivity index (χ0) is 19.3. The molecule has 0 saturated carbocycles. The summed E-state index contributed by atoms with van der Waals surface area (Å²) in [6.07, 6.45) is 2.97. The number of likely N-dealkylation sites (N-methyl/N-ethyl adjacent to an activating group) is 1. The molecule has 0 spiro atoms. The van der Waals surface area contributed by atoms with E-state index >= 15 is 0 Å². The van der Waals surface area contributed by atoms with Crippen molar-refractivity contribution in [3.05, 3.63) is 71.3 Å². The topological polar surface area (TPSA) is 32.8 Å². The molecule has 0 radical (unpaired) electrons. The average Bonchev–Trinajstić information content (AvgIpc) is 3.05. The standard InChI is InChI=1S/C24H26N2O2/c1-25-16-19-21(17-10-4-3-5-11-17)24(23(27)28-2)14-8-9-15-26(24)22(19)18-12-6-7-13-20(18)25/h3-7,10-13,22H,8-9,14-16H2,1-2H3/t22-,24+/m1/s1. The number of fused-ring (bicyclic) bond motifs is 5. The SMILES string of the molecule is COC(=O)[C@@]12CCCCN1[C@H]1C(=C2c2ccccc2)CN(C)c2ccccc21. The van der Waals surface area contributed by atoms with Gasteiger partial charge in [-0.05, 0) is 47.6 Å². The second-order valence-corrected chi connectivity index (χ2v) is 8.09. The monoisotopic (exact) mass is 374 g/mol. The van der Waals surface area contributed by atoms with E-state index in [0.717, 1.165) is 37.9 Å². The lowest BCUT2D eigenvalue weighted by molar-refractivity contribution is -0.153. The van der Waals surface area contributed by atoms with Gasteiger partial charge >= 0.3 is 5.97 Å². The van der Waals surface area contributed by atoms with Crippen molar-refractivity contribution in [1.29, 1.82) is 0 Å². The number of hydrogen-bond acceptors (Lipinski definition) is 4. The molecule has 0 aliphatic carbocycles. The molecule has 1 fully saturated rings. The van der Waals surface area contributed by atoms with Gasteiger partial charge in [-0.25, -0.2) is 4.79 Å². The number of nitrogens with zero attached hydrogens (tertiary/aromatic N) is 2. The summed E-state index contributed by atoms with van der Waals surface area (Å²) in [5.41, 5.74) is 5.53. The van der Waals surface area contributed by atoms with Gasteiger partial charge in [-0.15, -0.1) is 0 Å². The molecule has 4 heteroatoms. The number of benzene rings is 2. The zero-order valence-corrected chi connectivity index (χ0v) is 16.5. The minimum atomic E-state index is -0.688. The van der Waals surface area contributed by atoms with Crippen LogP contribution >= 0.6 is 0 Å². The molecule has 4 nitrogen and oxygen atoms in total. The summed E-state index contributed by atoms with van der Waals surface area (Å²) >= 11 is 0. The largest absolute Gasteiger partial charge is 0.467 e. The van der Waals surface area contributed by atoms with Gasteiger partial charge < -0.3 is 9.64 Å². The summed E-state index contributed by atoms with van der Waals surface area (Å²) in [5, 5.41) is 0. The Kier molecular flexibility index (Phi) is 4.06. The molecule has 3 heterocycles. The summed E-state index contributed by atoms with van der Waals surface area (Å²) in [6.45, 7) is 1.75. The first-order chi connectivity index (χ1) is 13.7. The van der Waals surface area contributed by atoms with Crippen LogP contribution in [0, 0.1) is 0 Å².